The average Bonchev–Trinajstić information content (AvgIpc) is 2.25. The first kappa shape index (κ1) is 12.7. The maximum absolute atomic E-state index is 11.3. The van der Waals surface area contributed by atoms with Crippen LogP contribution in [0.5, 0.6) is 0 Å². The van der Waals surface area contributed by atoms with Crippen LogP contribution in [0.15, 0.2) is 10.9 Å². The summed E-state index contributed by atoms with van der Waals surface area (Å²) in [6.45, 7) is 3.67. The van der Waals surface area contributed by atoms with E-state index < -0.39 is 6.10 Å². The first-order valence-electron chi connectivity index (χ1n) is 5.17. The molecule has 0 saturated heterocycles. The summed E-state index contributed by atoms with van der Waals surface area (Å²) in [5.41, 5.74) is -0.236. The Hall–Kier alpha value is -1.40. The van der Waals surface area contributed by atoms with E-state index in [1.165, 1.54) is 6.07 Å². The molecule has 1 aromatic heterocycles. The standard InChI is InChI=1S/C10H17N3O3/c1-6(2)10-12-8(3-9(16)13-10)11-4-7(15)5-14/h3,6-7,14-15H,4-5H2,1-2H3,(H2,11,12,13,16). The third-order valence-corrected chi connectivity index (χ3v) is 2.04. The highest BCUT2D eigenvalue weighted by atomic mass is 16.3. The van der Waals surface area contributed by atoms with Crippen molar-refractivity contribution in [3.8, 4) is 0 Å². The summed E-state index contributed by atoms with van der Waals surface area (Å²) in [4.78, 5) is 18.1. The molecule has 1 unspecified atom stereocenters. The lowest BCUT2D eigenvalue weighted by Crippen LogP contribution is -2.24. The Labute approximate surface area is 93.4 Å². The molecule has 0 amide bonds. The van der Waals surface area contributed by atoms with E-state index in [0.717, 1.165) is 0 Å². The van der Waals surface area contributed by atoms with Crippen molar-refractivity contribution in [3.05, 3.63) is 22.2 Å². The normalized spacial score (nSPS) is 12.8. The van der Waals surface area contributed by atoms with Gasteiger partial charge < -0.3 is 20.5 Å². The third kappa shape index (κ3) is 3.63. The summed E-state index contributed by atoms with van der Waals surface area (Å²) in [6, 6.07) is 1.32. The van der Waals surface area contributed by atoms with Gasteiger partial charge in [-0.05, 0) is 0 Å². The van der Waals surface area contributed by atoms with Crippen molar-refractivity contribution in [1.29, 1.82) is 0 Å². The van der Waals surface area contributed by atoms with Crippen LogP contribution >= 0.6 is 0 Å². The van der Waals surface area contributed by atoms with Gasteiger partial charge in [0.05, 0.1) is 12.7 Å². The summed E-state index contributed by atoms with van der Waals surface area (Å²) in [6.07, 6.45) is -0.858. The van der Waals surface area contributed by atoms with E-state index in [9.17, 15) is 4.79 Å². The predicted molar refractivity (Wildman–Crippen MR) is 60.5 cm³/mol. The molecule has 0 saturated carbocycles. The molecule has 1 heterocycles. The summed E-state index contributed by atoms with van der Waals surface area (Å²) >= 11 is 0. The number of rotatable bonds is 5. The molecule has 0 fully saturated rings. The van der Waals surface area contributed by atoms with Crippen molar-refractivity contribution in [2.45, 2.75) is 25.9 Å². The highest BCUT2D eigenvalue weighted by Gasteiger charge is 2.06. The number of nitrogens with zero attached hydrogens (tertiary/aromatic N) is 1. The van der Waals surface area contributed by atoms with Gasteiger partial charge in [0.15, 0.2) is 0 Å². The van der Waals surface area contributed by atoms with E-state index in [0.29, 0.717) is 11.6 Å². The lowest BCUT2D eigenvalue weighted by atomic mass is 10.2. The van der Waals surface area contributed by atoms with E-state index >= 15 is 0 Å². The number of hydrogen-bond acceptors (Lipinski definition) is 5. The zero-order chi connectivity index (χ0) is 12.1. The Bertz CT molecular complexity index is 389. The lowest BCUT2D eigenvalue weighted by molar-refractivity contribution is 0.105. The van der Waals surface area contributed by atoms with Gasteiger partial charge in [-0.3, -0.25) is 4.79 Å². The maximum atomic E-state index is 11.3. The van der Waals surface area contributed by atoms with Crippen LogP contribution in [0.2, 0.25) is 0 Å². The van der Waals surface area contributed by atoms with Crippen LogP contribution in [-0.4, -0.2) is 39.4 Å². The van der Waals surface area contributed by atoms with Crippen LogP contribution < -0.4 is 10.9 Å². The minimum Gasteiger partial charge on any atom is -0.394 e. The fourth-order valence-corrected chi connectivity index (χ4v) is 1.13. The molecule has 0 bridgehead atoms. The van der Waals surface area contributed by atoms with Gasteiger partial charge in [0.1, 0.15) is 11.6 Å². The molecular weight excluding hydrogens is 210 g/mol. The molecule has 1 aromatic rings. The number of anilines is 1. The summed E-state index contributed by atoms with van der Waals surface area (Å²) in [5.74, 6) is 1.12. The smallest absolute Gasteiger partial charge is 0.252 e. The number of nitrogens with one attached hydrogen (secondary N) is 2. The van der Waals surface area contributed by atoms with Gasteiger partial charge in [-0.2, -0.15) is 0 Å². The summed E-state index contributed by atoms with van der Waals surface area (Å²) in [5, 5.41) is 20.6. The van der Waals surface area contributed by atoms with Crippen molar-refractivity contribution in [1.82, 2.24) is 9.97 Å². The van der Waals surface area contributed by atoms with Crippen molar-refractivity contribution in [2.75, 3.05) is 18.5 Å². The van der Waals surface area contributed by atoms with E-state index in [-0.39, 0.29) is 24.6 Å². The van der Waals surface area contributed by atoms with Gasteiger partial charge in [-0.25, -0.2) is 4.98 Å². The number of aliphatic hydroxyl groups is 2. The molecule has 6 nitrogen and oxygen atoms in total. The zero-order valence-corrected chi connectivity index (χ0v) is 9.40. The molecule has 0 aromatic carbocycles. The minimum atomic E-state index is -0.858. The number of hydrogen-bond donors (Lipinski definition) is 4. The third-order valence-electron chi connectivity index (χ3n) is 2.04. The molecule has 0 aliphatic rings. The van der Waals surface area contributed by atoms with Crippen molar-refractivity contribution in [2.24, 2.45) is 0 Å². The topological polar surface area (TPSA) is 98.2 Å². The van der Waals surface area contributed by atoms with Crippen molar-refractivity contribution < 1.29 is 10.2 Å². The summed E-state index contributed by atoms with van der Waals surface area (Å²) < 4.78 is 0. The van der Waals surface area contributed by atoms with Gasteiger partial charge in [-0.1, -0.05) is 13.8 Å². The molecular formula is C10H17N3O3. The van der Waals surface area contributed by atoms with Crippen LogP contribution in [-0.2, 0) is 0 Å². The summed E-state index contributed by atoms with van der Waals surface area (Å²) in [7, 11) is 0. The van der Waals surface area contributed by atoms with Gasteiger partial charge >= 0.3 is 0 Å². The van der Waals surface area contributed by atoms with E-state index in [4.69, 9.17) is 10.2 Å². The molecule has 0 radical (unpaired) electrons. The maximum Gasteiger partial charge on any atom is 0.252 e. The van der Waals surface area contributed by atoms with Crippen molar-refractivity contribution >= 4 is 5.82 Å². The molecule has 0 aliphatic carbocycles. The van der Waals surface area contributed by atoms with Crippen LogP contribution in [0.25, 0.3) is 0 Å². The van der Waals surface area contributed by atoms with Gasteiger partial charge in [0.25, 0.3) is 5.56 Å². The second-order valence-electron chi connectivity index (χ2n) is 3.89. The molecule has 0 spiro atoms. The fourth-order valence-electron chi connectivity index (χ4n) is 1.13. The first-order valence-corrected chi connectivity index (χ1v) is 5.17. The lowest BCUT2D eigenvalue weighted by Gasteiger charge is -2.11. The van der Waals surface area contributed by atoms with Gasteiger partial charge in [-0.15, -0.1) is 0 Å². The van der Waals surface area contributed by atoms with Crippen LogP contribution in [0.3, 0.4) is 0 Å². The zero-order valence-electron chi connectivity index (χ0n) is 9.40. The molecule has 6 heteroatoms. The van der Waals surface area contributed by atoms with Gasteiger partial charge in [0, 0.05) is 18.5 Å². The Kier molecular flexibility index (Phi) is 4.45. The molecule has 1 atom stereocenters. The predicted octanol–water partition coefficient (Wildman–Crippen LogP) is -0.342. The number of aromatic nitrogens is 2. The number of H-pyrrole nitrogens is 1. The average molecular weight is 227 g/mol. The highest BCUT2D eigenvalue weighted by Crippen LogP contribution is 2.08. The fraction of sp³-hybridized carbons (Fsp3) is 0.600. The van der Waals surface area contributed by atoms with Gasteiger partial charge in [0.2, 0.25) is 0 Å². The number of aliphatic hydroxyl groups excluding tert-OH is 2. The Morgan fingerprint density at radius 3 is 2.81 bits per heavy atom. The Balaban J connectivity index is 2.77. The van der Waals surface area contributed by atoms with E-state index in [1.54, 1.807) is 0 Å². The van der Waals surface area contributed by atoms with Crippen LogP contribution in [0.1, 0.15) is 25.6 Å². The molecule has 16 heavy (non-hydrogen) atoms. The van der Waals surface area contributed by atoms with E-state index in [1.807, 2.05) is 13.8 Å². The largest absolute Gasteiger partial charge is 0.394 e. The monoisotopic (exact) mass is 227 g/mol. The van der Waals surface area contributed by atoms with Crippen LogP contribution in [0, 0.1) is 0 Å². The Morgan fingerprint density at radius 2 is 2.25 bits per heavy atom. The first-order chi connectivity index (χ1) is 7.52. The Morgan fingerprint density at radius 1 is 1.56 bits per heavy atom. The minimum absolute atomic E-state index is 0.122. The molecule has 90 valence electrons. The second kappa shape index (κ2) is 5.62. The molecule has 1 rings (SSSR count). The quantitative estimate of drug-likeness (QED) is 0.551. The number of aromatic amines is 1. The molecule has 0 aliphatic heterocycles. The SMILES string of the molecule is CC(C)c1nc(NCC(O)CO)cc(=O)[nH]1. The molecule has 4 N–H and O–H groups in total. The van der Waals surface area contributed by atoms with E-state index in [2.05, 4.69) is 15.3 Å². The second-order valence-corrected chi connectivity index (χ2v) is 3.89. The highest BCUT2D eigenvalue weighted by molar-refractivity contribution is 5.33. The van der Waals surface area contributed by atoms with Crippen molar-refractivity contribution in [3.63, 3.8) is 0 Å². The van der Waals surface area contributed by atoms with Crippen LogP contribution in [0.4, 0.5) is 5.82 Å².